The van der Waals surface area contributed by atoms with Gasteiger partial charge in [-0.25, -0.2) is 0 Å². The molecule has 0 fully saturated rings. The molecule has 0 aliphatic carbocycles. The van der Waals surface area contributed by atoms with Crippen molar-refractivity contribution in [3.8, 4) is 5.75 Å². The van der Waals surface area contributed by atoms with Gasteiger partial charge < -0.3 is 4.18 Å². The van der Waals surface area contributed by atoms with E-state index in [1.165, 1.54) is 38.5 Å². The van der Waals surface area contributed by atoms with Gasteiger partial charge in [0.25, 0.3) is 0 Å². The smallest absolute Gasteiger partial charge is 0.312 e. The van der Waals surface area contributed by atoms with Crippen LogP contribution in [0, 0.1) is 6.92 Å². The molecule has 0 aliphatic rings. The third kappa shape index (κ3) is 9.61. The average Bonchev–Trinajstić information content (AvgIpc) is 2.59. The van der Waals surface area contributed by atoms with E-state index in [9.17, 15) is 8.42 Å². The van der Waals surface area contributed by atoms with E-state index >= 15 is 0 Å². The molecular formula is C22H38O3S. The maximum absolute atomic E-state index is 12.7. The molecule has 0 heterocycles. The molecular weight excluding hydrogens is 344 g/mol. The highest BCUT2D eigenvalue weighted by Gasteiger charge is 2.26. The lowest BCUT2D eigenvalue weighted by Gasteiger charge is -2.18. The second-order valence-corrected chi connectivity index (χ2v) is 9.24. The van der Waals surface area contributed by atoms with Crippen molar-refractivity contribution in [2.75, 3.05) is 0 Å². The zero-order valence-electron chi connectivity index (χ0n) is 17.0. The quantitative estimate of drug-likeness (QED) is 0.248. The molecule has 1 unspecified atom stereocenters. The predicted octanol–water partition coefficient (Wildman–Crippen LogP) is 6.79. The Labute approximate surface area is 161 Å². The zero-order chi connectivity index (χ0) is 19.3. The van der Waals surface area contributed by atoms with Crippen LogP contribution in [-0.4, -0.2) is 13.7 Å². The molecule has 1 atom stereocenters. The molecule has 0 aromatic heterocycles. The summed E-state index contributed by atoms with van der Waals surface area (Å²) in [6.45, 7) is 6.27. The fourth-order valence-electron chi connectivity index (χ4n) is 3.24. The first-order valence-electron chi connectivity index (χ1n) is 10.5. The zero-order valence-corrected chi connectivity index (χ0v) is 17.8. The summed E-state index contributed by atoms with van der Waals surface area (Å²) in [5.41, 5.74) is 1.01. The van der Waals surface area contributed by atoms with Gasteiger partial charge in [0.15, 0.2) is 0 Å². The average molecular weight is 383 g/mol. The van der Waals surface area contributed by atoms with Crippen molar-refractivity contribution in [1.29, 1.82) is 0 Å². The van der Waals surface area contributed by atoms with E-state index < -0.39 is 10.1 Å². The number of aryl methyl sites for hydroxylation is 1. The third-order valence-electron chi connectivity index (χ3n) is 4.87. The highest BCUT2D eigenvalue weighted by molar-refractivity contribution is 7.87. The van der Waals surface area contributed by atoms with Gasteiger partial charge in [0.2, 0.25) is 0 Å². The van der Waals surface area contributed by atoms with Crippen molar-refractivity contribution in [2.24, 2.45) is 0 Å². The van der Waals surface area contributed by atoms with Crippen molar-refractivity contribution in [3.63, 3.8) is 0 Å². The summed E-state index contributed by atoms with van der Waals surface area (Å²) in [5.74, 6) is 0.433. The monoisotopic (exact) mass is 382 g/mol. The van der Waals surface area contributed by atoms with E-state index in [4.69, 9.17) is 4.18 Å². The van der Waals surface area contributed by atoms with Crippen LogP contribution in [0.4, 0.5) is 0 Å². The van der Waals surface area contributed by atoms with Crippen molar-refractivity contribution >= 4 is 10.1 Å². The van der Waals surface area contributed by atoms with E-state index in [2.05, 4.69) is 13.8 Å². The molecule has 1 aromatic rings. The minimum absolute atomic E-state index is 0.386. The maximum Gasteiger partial charge on any atom is 0.312 e. The van der Waals surface area contributed by atoms with E-state index in [1.54, 1.807) is 12.1 Å². The minimum Gasteiger partial charge on any atom is -0.382 e. The molecule has 0 aliphatic heterocycles. The molecule has 0 spiro atoms. The van der Waals surface area contributed by atoms with Gasteiger partial charge in [-0.15, -0.1) is 0 Å². The number of benzene rings is 1. The minimum atomic E-state index is -3.57. The first kappa shape index (κ1) is 23.0. The lowest BCUT2D eigenvalue weighted by molar-refractivity contribution is 0.449. The SMILES string of the molecule is CCCCCCCCCCC(CCCC)S(=O)(=O)Oc1cccc(C)c1. The second-order valence-electron chi connectivity index (χ2n) is 7.42. The van der Waals surface area contributed by atoms with Crippen molar-refractivity contribution in [2.45, 2.75) is 103 Å². The standard InChI is InChI=1S/C22H38O3S/c1-4-6-8-9-10-11-12-13-18-22(17-7-5-2)26(23,24)25-21-16-14-15-20(3)19-21/h14-16,19,22H,4-13,17-18H2,1-3H3. The number of hydrogen-bond acceptors (Lipinski definition) is 3. The van der Waals surface area contributed by atoms with Gasteiger partial charge in [-0.2, -0.15) is 8.42 Å². The van der Waals surface area contributed by atoms with Crippen LogP contribution in [0.2, 0.25) is 0 Å². The van der Waals surface area contributed by atoms with Crippen LogP contribution in [0.5, 0.6) is 5.75 Å². The molecule has 0 N–H and O–H groups in total. The molecule has 4 heteroatoms. The summed E-state index contributed by atoms with van der Waals surface area (Å²) in [7, 11) is -3.57. The summed E-state index contributed by atoms with van der Waals surface area (Å²) in [5, 5.41) is -0.386. The number of rotatable bonds is 15. The van der Waals surface area contributed by atoms with Gasteiger partial charge in [0.05, 0.1) is 5.25 Å². The van der Waals surface area contributed by atoms with Crippen LogP contribution >= 0.6 is 0 Å². The summed E-state index contributed by atoms with van der Waals surface area (Å²) >= 11 is 0. The van der Waals surface area contributed by atoms with Crippen molar-refractivity contribution in [3.05, 3.63) is 29.8 Å². The molecule has 0 amide bonds. The molecule has 3 nitrogen and oxygen atoms in total. The lowest BCUT2D eigenvalue weighted by atomic mass is 10.0. The fraction of sp³-hybridized carbons (Fsp3) is 0.727. The fourth-order valence-corrected chi connectivity index (χ4v) is 4.66. The normalized spacial score (nSPS) is 12.9. The number of hydrogen-bond donors (Lipinski definition) is 0. The lowest BCUT2D eigenvalue weighted by Crippen LogP contribution is -2.26. The van der Waals surface area contributed by atoms with Crippen molar-refractivity contribution in [1.82, 2.24) is 0 Å². The van der Waals surface area contributed by atoms with Crippen molar-refractivity contribution < 1.29 is 12.6 Å². The summed E-state index contributed by atoms with van der Waals surface area (Å²) < 4.78 is 30.9. The predicted molar refractivity (Wildman–Crippen MR) is 111 cm³/mol. The highest BCUT2D eigenvalue weighted by Crippen LogP contribution is 2.23. The Morgan fingerprint density at radius 1 is 0.846 bits per heavy atom. The summed E-state index contributed by atoms with van der Waals surface area (Å²) in [6.07, 6.45) is 13.2. The van der Waals surface area contributed by atoms with Crippen LogP contribution in [0.15, 0.2) is 24.3 Å². The van der Waals surface area contributed by atoms with Crippen LogP contribution in [0.1, 0.15) is 96.5 Å². The van der Waals surface area contributed by atoms with E-state index in [0.717, 1.165) is 31.2 Å². The number of unbranched alkanes of at least 4 members (excludes halogenated alkanes) is 8. The Bertz CT molecular complexity index is 581. The van der Waals surface area contributed by atoms with Gasteiger partial charge >= 0.3 is 10.1 Å². The largest absolute Gasteiger partial charge is 0.382 e. The topological polar surface area (TPSA) is 43.4 Å². The summed E-state index contributed by atoms with van der Waals surface area (Å²) in [6, 6.07) is 7.27. The van der Waals surface area contributed by atoms with Gasteiger partial charge in [0.1, 0.15) is 5.75 Å². The van der Waals surface area contributed by atoms with Crippen LogP contribution in [-0.2, 0) is 10.1 Å². The molecule has 1 rings (SSSR count). The second kappa shape index (κ2) is 13.2. The van der Waals surface area contributed by atoms with Gasteiger partial charge in [-0.05, 0) is 37.5 Å². The first-order valence-corrected chi connectivity index (χ1v) is 12.0. The Balaban J connectivity index is 2.48. The van der Waals surface area contributed by atoms with Crippen LogP contribution < -0.4 is 4.18 Å². The molecule has 26 heavy (non-hydrogen) atoms. The Kier molecular flexibility index (Phi) is 11.7. The Morgan fingerprint density at radius 2 is 1.42 bits per heavy atom. The van der Waals surface area contributed by atoms with Gasteiger partial charge in [-0.3, -0.25) is 0 Å². The van der Waals surface area contributed by atoms with Gasteiger partial charge in [-0.1, -0.05) is 90.2 Å². The van der Waals surface area contributed by atoms with Crippen LogP contribution in [0.3, 0.4) is 0 Å². The molecule has 0 bridgehead atoms. The molecule has 1 aromatic carbocycles. The Morgan fingerprint density at radius 3 is 2.04 bits per heavy atom. The third-order valence-corrected chi connectivity index (χ3v) is 6.58. The Hall–Kier alpha value is -1.03. The van der Waals surface area contributed by atoms with Gasteiger partial charge in [0, 0.05) is 0 Å². The van der Waals surface area contributed by atoms with E-state index in [-0.39, 0.29) is 5.25 Å². The van der Waals surface area contributed by atoms with Crippen LogP contribution in [0.25, 0.3) is 0 Å². The highest BCUT2D eigenvalue weighted by atomic mass is 32.2. The van der Waals surface area contributed by atoms with E-state index in [1.807, 2.05) is 19.1 Å². The molecule has 150 valence electrons. The molecule has 0 radical (unpaired) electrons. The first-order chi connectivity index (χ1) is 12.5. The molecule has 0 saturated heterocycles. The molecule has 0 saturated carbocycles. The maximum atomic E-state index is 12.7. The van der Waals surface area contributed by atoms with E-state index in [0.29, 0.717) is 18.6 Å². The summed E-state index contributed by atoms with van der Waals surface area (Å²) in [4.78, 5) is 0.